The molecule has 0 radical (unpaired) electrons. The summed E-state index contributed by atoms with van der Waals surface area (Å²) in [6.07, 6.45) is 1.03. The van der Waals surface area contributed by atoms with Crippen LogP contribution in [0.15, 0.2) is 48.5 Å². The van der Waals surface area contributed by atoms with Gasteiger partial charge in [-0.1, -0.05) is 24.3 Å². The van der Waals surface area contributed by atoms with Crippen molar-refractivity contribution in [2.45, 2.75) is 25.6 Å². The van der Waals surface area contributed by atoms with Gasteiger partial charge < -0.3 is 20.3 Å². The van der Waals surface area contributed by atoms with Crippen molar-refractivity contribution in [3.05, 3.63) is 70.8 Å². The third kappa shape index (κ3) is 3.22. The molecule has 0 saturated heterocycles. The zero-order chi connectivity index (χ0) is 19.1. The molecule has 5 rings (SSSR count). The van der Waals surface area contributed by atoms with Gasteiger partial charge in [-0.25, -0.2) is 0 Å². The number of hydrogen-bond donors (Lipinski definition) is 2. The van der Waals surface area contributed by atoms with Gasteiger partial charge >= 0.3 is 0 Å². The molecule has 0 bridgehead atoms. The number of nitrogens with two attached hydrogens (primary N) is 1. The summed E-state index contributed by atoms with van der Waals surface area (Å²) >= 11 is 0. The molecule has 0 fully saturated rings. The molecule has 3 aromatic carbocycles. The highest BCUT2D eigenvalue weighted by Crippen LogP contribution is 2.37. The summed E-state index contributed by atoms with van der Waals surface area (Å²) in [5, 5.41) is 11.6. The van der Waals surface area contributed by atoms with E-state index in [-0.39, 0.29) is 12.6 Å². The van der Waals surface area contributed by atoms with E-state index in [2.05, 4.69) is 47.4 Å². The number of rotatable bonds is 4. The first-order chi connectivity index (χ1) is 13.7. The molecule has 2 aliphatic rings. The Morgan fingerprint density at radius 2 is 1.71 bits per heavy atom. The van der Waals surface area contributed by atoms with Crippen LogP contribution in [0, 0.1) is 0 Å². The van der Waals surface area contributed by atoms with Gasteiger partial charge in [0.15, 0.2) is 11.5 Å². The molecular weight excluding hydrogens is 352 g/mol. The summed E-state index contributed by atoms with van der Waals surface area (Å²) in [4.78, 5) is 2.47. The van der Waals surface area contributed by atoms with E-state index in [4.69, 9.17) is 15.2 Å². The Balaban J connectivity index is 1.34. The molecular formula is C23H24N2O3. The Kier molecular flexibility index (Phi) is 4.43. The maximum atomic E-state index is 9.26. The quantitative estimate of drug-likeness (QED) is 0.732. The highest BCUT2D eigenvalue weighted by molar-refractivity contribution is 5.84. The van der Waals surface area contributed by atoms with Crippen LogP contribution in [0.25, 0.3) is 10.8 Å². The van der Waals surface area contributed by atoms with E-state index in [0.29, 0.717) is 6.79 Å². The van der Waals surface area contributed by atoms with Crippen molar-refractivity contribution in [2.75, 3.05) is 19.9 Å². The minimum Gasteiger partial charge on any atom is -0.454 e. The van der Waals surface area contributed by atoms with Crippen LogP contribution in [0.5, 0.6) is 11.5 Å². The second kappa shape index (κ2) is 7.09. The van der Waals surface area contributed by atoms with Crippen LogP contribution in [-0.4, -0.2) is 30.0 Å². The zero-order valence-corrected chi connectivity index (χ0v) is 15.7. The van der Waals surface area contributed by atoms with Crippen LogP contribution in [0.2, 0.25) is 0 Å². The van der Waals surface area contributed by atoms with Gasteiger partial charge in [0.25, 0.3) is 0 Å². The Bertz CT molecular complexity index is 1030. The molecule has 1 atom stereocenters. The molecule has 1 unspecified atom stereocenters. The van der Waals surface area contributed by atoms with Crippen LogP contribution in [0.4, 0.5) is 0 Å². The minimum absolute atomic E-state index is 0.0413. The SMILES string of the molecule is NC(CO)c1ccc2cc(CN3CCc4cc5c(cc4C3)OCO5)ccc2c1. The number of hydrogen-bond acceptors (Lipinski definition) is 5. The predicted octanol–water partition coefficient (Wildman–Crippen LogP) is 3.12. The molecule has 3 aromatic rings. The third-order valence-corrected chi connectivity index (χ3v) is 5.75. The van der Waals surface area contributed by atoms with Crippen LogP contribution in [-0.2, 0) is 19.5 Å². The first-order valence-corrected chi connectivity index (χ1v) is 9.72. The van der Waals surface area contributed by atoms with Gasteiger partial charge in [0.05, 0.1) is 12.6 Å². The Morgan fingerprint density at radius 3 is 2.54 bits per heavy atom. The molecule has 5 nitrogen and oxygen atoms in total. The molecule has 2 heterocycles. The van der Waals surface area contributed by atoms with Crippen LogP contribution in [0.1, 0.15) is 28.3 Å². The van der Waals surface area contributed by atoms with Gasteiger partial charge in [-0.3, -0.25) is 4.90 Å². The van der Waals surface area contributed by atoms with Gasteiger partial charge in [-0.05, 0) is 63.7 Å². The fourth-order valence-electron chi connectivity index (χ4n) is 4.15. The number of fused-ring (bicyclic) bond motifs is 3. The number of nitrogens with zero attached hydrogens (tertiary/aromatic N) is 1. The molecule has 0 amide bonds. The largest absolute Gasteiger partial charge is 0.454 e. The number of benzene rings is 3. The maximum Gasteiger partial charge on any atom is 0.231 e. The molecule has 0 saturated carbocycles. The smallest absolute Gasteiger partial charge is 0.231 e. The van der Waals surface area contributed by atoms with Crippen LogP contribution >= 0.6 is 0 Å². The van der Waals surface area contributed by atoms with Crippen molar-refractivity contribution in [3.63, 3.8) is 0 Å². The van der Waals surface area contributed by atoms with Crippen LogP contribution in [0.3, 0.4) is 0 Å². The predicted molar refractivity (Wildman–Crippen MR) is 108 cm³/mol. The van der Waals surface area contributed by atoms with Gasteiger partial charge in [-0.2, -0.15) is 0 Å². The average Bonchev–Trinajstić information content (AvgIpc) is 3.18. The summed E-state index contributed by atoms with van der Waals surface area (Å²) in [6, 6.07) is 16.7. The normalized spacial score (nSPS) is 16.9. The van der Waals surface area contributed by atoms with E-state index in [1.165, 1.54) is 22.1 Å². The Hall–Kier alpha value is -2.60. The van der Waals surface area contributed by atoms with Gasteiger partial charge in [-0.15, -0.1) is 0 Å². The lowest BCUT2D eigenvalue weighted by atomic mass is 9.97. The molecule has 5 heteroatoms. The number of ether oxygens (including phenoxy) is 2. The summed E-state index contributed by atoms with van der Waals surface area (Å²) in [5.41, 5.74) is 10.9. The first-order valence-electron chi connectivity index (χ1n) is 9.72. The lowest BCUT2D eigenvalue weighted by Gasteiger charge is -2.29. The average molecular weight is 376 g/mol. The van der Waals surface area contributed by atoms with Crippen molar-refractivity contribution in [1.29, 1.82) is 0 Å². The third-order valence-electron chi connectivity index (χ3n) is 5.75. The first kappa shape index (κ1) is 17.5. The monoisotopic (exact) mass is 376 g/mol. The molecule has 0 aliphatic carbocycles. The van der Waals surface area contributed by atoms with Crippen molar-refractivity contribution >= 4 is 10.8 Å². The summed E-state index contributed by atoms with van der Waals surface area (Å²) in [7, 11) is 0. The highest BCUT2D eigenvalue weighted by Gasteiger charge is 2.22. The lowest BCUT2D eigenvalue weighted by Crippen LogP contribution is -2.30. The molecule has 144 valence electrons. The summed E-state index contributed by atoms with van der Waals surface area (Å²) < 4.78 is 11.0. The van der Waals surface area contributed by atoms with Gasteiger partial charge in [0, 0.05) is 19.6 Å². The topological polar surface area (TPSA) is 68.0 Å². The molecule has 0 spiro atoms. The Labute approximate surface area is 164 Å². The zero-order valence-electron chi connectivity index (χ0n) is 15.7. The molecule has 3 N–H and O–H groups in total. The number of aliphatic hydroxyl groups excluding tert-OH is 1. The van der Waals surface area contributed by atoms with Crippen molar-refractivity contribution < 1.29 is 14.6 Å². The second-order valence-electron chi connectivity index (χ2n) is 7.66. The Morgan fingerprint density at radius 1 is 0.964 bits per heavy atom. The standard InChI is InChI=1S/C23H24N2O3/c24-21(13-26)19-4-3-16-7-15(1-2-17(16)8-19)11-25-6-5-18-9-22-23(28-14-27-22)10-20(18)12-25/h1-4,7-10,21,26H,5-6,11-14,24H2. The molecule has 0 aromatic heterocycles. The maximum absolute atomic E-state index is 9.26. The number of aliphatic hydroxyl groups is 1. The van der Waals surface area contributed by atoms with E-state index in [9.17, 15) is 5.11 Å². The van der Waals surface area contributed by atoms with Crippen LogP contribution < -0.4 is 15.2 Å². The van der Waals surface area contributed by atoms with E-state index in [0.717, 1.165) is 48.5 Å². The summed E-state index contributed by atoms with van der Waals surface area (Å²) in [6.45, 7) is 3.16. The fourth-order valence-corrected chi connectivity index (χ4v) is 4.15. The van der Waals surface area contributed by atoms with E-state index in [1.807, 2.05) is 6.07 Å². The lowest BCUT2D eigenvalue weighted by molar-refractivity contribution is 0.174. The van der Waals surface area contributed by atoms with Crippen molar-refractivity contribution in [3.8, 4) is 11.5 Å². The summed E-state index contributed by atoms with van der Waals surface area (Å²) in [5.74, 6) is 1.74. The van der Waals surface area contributed by atoms with Crippen molar-refractivity contribution in [1.82, 2.24) is 4.90 Å². The van der Waals surface area contributed by atoms with Crippen molar-refractivity contribution in [2.24, 2.45) is 5.73 Å². The molecule has 28 heavy (non-hydrogen) atoms. The minimum atomic E-state index is -0.326. The fraction of sp³-hybridized carbons (Fsp3) is 0.304. The van der Waals surface area contributed by atoms with E-state index in [1.54, 1.807) is 0 Å². The van der Waals surface area contributed by atoms with E-state index < -0.39 is 0 Å². The second-order valence-corrected chi connectivity index (χ2v) is 7.66. The van der Waals surface area contributed by atoms with Gasteiger partial charge in [0.1, 0.15) is 0 Å². The highest BCUT2D eigenvalue weighted by atomic mass is 16.7. The van der Waals surface area contributed by atoms with E-state index >= 15 is 0 Å². The van der Waals surface area contributed by atoms with Gasteiger partial charge in [0.2, 0.25) is 6.79 Å². The molecule has 2 aliphatic heterocycles.